The lowest BCUT2D eigenvalue weighted by atomic mass is 10.1. The topological polar surface area (TPSA) is 172 Å². The zero-order valence-electron chi connectivity index (χ0n) is 27.4. The van der Waals surface area contributed by atoms with Crippen LogP contribution in [0.2, 0.25) is 0 Å². The quantitative estimate of drug-likeness (QED) is 0.0724. The molecule has 0 atom stereocenters. The first-order chi connectivity index (χ1) is 23.3. The number of fused-ring (bicyclic) bond motifs is 1. The highest BCUT2D eigenvalue weighted by Crippen LogP contribution is 2.21. The number of amidine groups is 1. The predicted octanol–water partition coefficient (Wildman–Crippen LogP) is 4.08. The van der Waals surface area contributed by atoms with Gasteiger partial charge in [0.15, 0.2) is 0 Å². The van der Waals surface area contributed by atoms with Gasteiger partial charge in [0.1, 0.15) is 24.1 Å². The van der Waals surface area contributed by atoms with E-state index in [1.54, 1.807) is 55.6 Å². The first-order valence-corrected chi connectivity index (χ1v) is 15.6. The second-order valence-corrected chi connectivity index (χ2v) is 10.3. The number of benzene rings is 2. The van der Waals surface area contributed by atoms with Crippen LogP contribution in [0.25, 0.3) is 11.0 Å². The van der Waals surface area contributed by atoms with E-state index < -0.39 is 6.09 Å². The number of nitrogens with zero attached hydrogens (tertiary/aromatic N) is 5. The van der Waals surface area contributed by atoms with Gasteiger partial charge in [0.25, 0.3) is 5.91 Å². The summed E-state index contributed by atoms with van der Waals surface area (Å²) in [4.78, 5) is 52.0. The minimum Gasteiger partial charge on any atom is -0.466 e. The van der Waals surface area contributed by atoms with E-state index in [1.165, 1.54) is 4.90 Å². The third-order valence-corrected chi connectivity index (χ3v) is 7.11. The number of imidazole rings is 1. The zero-order valence-corrected chi connectivity index (χ0v) is 27.4. The van der Waals surface area contributed by atoms with Gasteiger partial charge in [-0.05, 0) is 68.4 Å². The maximum atomic E-state index is 13.6. The minimum absolute atomic E-state index is 0.0343. The molecule has 4 aromatic rings. The Labute approximate surface area is 278 Å². The Balaban J connectivity index is 1.36. The first-order valence-electron chi connectivity index (χ1n) is 15.6. The van der Waals surface area contributed by atoms with E-state index in [4.69, 9.17) is 29.7 Å². The summed E-state index contributed by atoms with van der Waals surface area (Å²) in [7, 11) is 1.90. The molecule has 48 heavy (non-hydrogen) atoms. The largest absolute Gasteiger partial charge is 0.466 e. The average Bonchev–Trinajstić information content (AvgIpc) is 3.41. The monoisotopic (exact) mass is 659 g/mol. The van der Waals surface area contributed by atoms with Crippen molar-refractivity contribution >= 4 is 46.3 Å². The first kappa shape index (κ1) is 35.5. The number of anilines is 2. The zero-order chi connectivity index (χ0) is 34.3. The molecule has 0 unspecified atom stereocenters. The van der Waals surface area contributed by atoms with Gasteiger partial charge >= 0.3 is 12.1 Å². The summed E-state index contributed by atoms with van der Waals surface area (Å²) in [5.74, 6) is 0.525. The molecule has 14 heteroatoms. The molecule has 0 aliphatic carbocycles. The summed E-state index contributed by atoms with van der Waals surface area (Å²) in [6.07, 6.45) is 0.839. The van der Waals surface area contributed by atoms with E-state index in [0.717, 1.165) is 17.0 Å². The predicted molar refractivity (Wildman–Crippen MR) is 181 cm³/mol. The number of esters is 1. The number of hydrogen-bond donors (Lipinski definition) is 2. The number of ether oxygens (including phenoxy) is 4. The second kappa shape index (κ2) is 18.1. The molecule has 2 aromatic carbocycles. The van der Waals surface area contributed by atoms with Crippen molar-refractivity contribution in [3.8, 4) is 0 Å². The number of aryl methyl sites for hydroxylation is 1. The van der Waals surface area contributed by atoms with Gasteiger partial charge in [-0.3, -0.25) is 14.5 Å². The number of carbonyl (C=O) groups excluding carboxylic acids is 3. The standard InChI is InChI=1S/C34H41N7O7/c1-4-45-18-19-46-20-21-48-34(44)39-32(35)24-9-12-26(13-10-24)37-23-30-38-27-22-25(11-14-28(27)40(30)3)33(43)41(17-15-31(42)47-5-2)29-8-6-7-16-36-29/h6-14,16,22,37H,4-5,15,17-21,23H2,1-3H3,(H2,35,39,44). The van der Waals surface area contributed by atoms with E-state index in [-0.39, 0.29) is 50.5 Å². The Morgan fingerprint density at radius 3 is 2.40 bits per heavy atom. The highest BCUT2D eigenvalue weighted by atomic mass is 16.6. The number of nitrogens with one attached hydrogen (secondary N) is 1. The summed E-state index contributed by atoms with van der Waals surface area (Å²) in [5.41, 5.74) is 9.28. The fraction of sp³-hybridized carbons (Fsp3) is 0.353. The summed E-state index contributed by atoms with van der Waals surface area (Å²) in [5, 5.41) is 3.33. The molecule has 2 heterocycles. The molecule has 3 N–H and O–H groups in total. The molecule has 0 bridgehead atoms. The van der Waals surface area contributed by atoms with Crippen LogP contribution in [0.4, 0.5) is 16.3 Å². The van der Waals surface area contributed by atoms with Crippen LogP contribution in [-0.4, -0.2) is 84.5 Å². The summed E-state index contributed by atoms with van der Waals surface area (Å²) >= 11 is 0. The van der Waals surface area contributed by atoms with Gasteiger partial charge in [-0.2, -0.15) is 4.99 Å². The number of pyridine rings is 1. The minimum atomic E-state index is -0.795. The number of carbonyl (C=O) groups is 3. The number of hydrogen-bond acceptors (Lipinski definition) is 10. The molecular formula is C34H41N7O7. The number of rotatable bonds is 17. The Hall–Kier alpha value is -5.34. The third kappa shape index (κ3) is 10.1. The number of amides is 2. The van der Waals surface area contributed by atoms with Crippen molar-refractivity contribution in [3.63, 3.8) is 0 Å². The average molecular weight is 660 g/mol. The van der Waals surface area contributed by atoms with Crippen molar-refractivity contribution in [1.82, 2.24) is 14.5 Å². The van der Waals surface area contributed by atoms with Crippen LogP contribution in [-0.2, 0) is 37.3 Å². The van der Waals surface area contributed by atoms with E-state index in [2.05, 4.69) is 15.3 Å². The van der Waals surface area contributed by atoms with Gasteiger partial charge in [0.2, 0.25) is 0 Å². The second-order valence-electron chi connectivity index (χ2n) is 10.3. The summed E-state index contributed by atoms with van der Waals surface area (Å²) in [6.45, 7) is 6.25. The Morgan fingerprint density at radius 2 is 1.67 bits per heavy atom. The Kier molecular flexibility index (Phi) is 13.4. The maximum Gasteiger partial charge on any atom is 0.435 e. The molecule has 0 saturated heterocycles. The Morgan fingerprint density at radius 1 is 0.917 bits per heavy atom. The fourth-order valence-electron chi connectivity index (χ4n) is 4.65. The van der Waals surface area contributed by atoms with Crippen molar-refractivity contribution in [2.24, 2.45) is 17.8 Å². The van der Waals surface area contributed by atoms with Crippen LogP contribution in [0.15, 0.2) is 71.9 Å². The van der Waals surface area contributed by atoms with Crippen LogP contribution in [0, 0.1) is 0 Å². The van der Waals surface area contributed by atoms with Crippen molar-refractivity contribution < 1.29 is 33.3 Å². The normalized spacial score (nSPS) is 11.4. The lowest BCUT2D eigenvalue weighted by Gasteiger charge is -2.21. The van der Waals surface area contributed by atoms with Gasteiger partial charge in [0.05, 0.1) is 50.4 Å². The van der Waals surface area contributed by atoms with Crippen molar-refractivity contribution in [3.05, 3.63) is 83.8 Å². The molecule has 14 nitrogen and oxygen atoms in total. The molecule has 2 aromatic heterocycles. The molecular weight excluding hydrogens is 618 g/mol. The van der Waals surface area contributed by atoms with E-state index in [9.17, 15) is 14.4 Å². The lowest BCUT2D eigenvalue weighted by molar-refractivity contribution is -0.142. The fourth-order valence-corrected chi connectivity index (χ4v) is 4.65. The number of nitrogens with two attached hydrogens (primary N) is 1. The molecule has 0 aliphatic rings. The van der Waals surface area contributed by atoms with Gasteiger partial charge in [-0.15, -0.1) is 0 Å². The highest BCUT2D eigenvalue weighted by molar-refractivity contribution is 6.07. The van der Waals surface area contributed by atoms with Crippen molar-refractivity contribution in [2.45, 2.75) is 26.8 Å². The van der Waals surface area contributed by atoms with Gasteiger partial charge in [-0.25, -0.2) is 14.8 Å². The van der Waals surface area contributed by atoms with Crippen LogP contribution < -0.4 is 16.0 Å². The number of aromatic nitrogens is 3. The van der Waals surface area contributed by atoms with E-state index in [0.29, 0.717) is 48.8 Å². The molecule has 4 rings (SSSR count). The third-order valence-electron chi connectivity index (χ3n) is 7.11. The van der Waals surface area contributed by atoms with Gasteiger partial charge in [-0.1, -0.05) is 6.07 Å². The molecule has 0 saturated carbocycles. The molecule has 0 radical (unpaired) electrons. The lowest BCUT2D eigenvalue weighted by Crippen LogP contribution is -2.34. The number of aliphatic imine (C=N–C) groups is 1. The Bertz CT molecular complexity index is 1690. The van der Waals surface area contributed by atoms with Crippen molar-refractivity contribution in [1.29, 1.82) is 0 Å². The SMILES string of the molecule is CCOCCOCCOC(=O)/N=C(\N)c1ccc(NCc2nc3cc(C(=O)N(CCC(=O)OCC)c4ccccn4)ccc3n2C)cc1. The van der Waals surface area contributed by atoms with E-state index >= 15 is 0 Å². The van der Waals surface area contributed by atoms with Crippen LogP contribution in [0.1, 0.15) is 42.0 Å². The summed E-state index contributed by atoms with van der Waals surface area (Å²) in [6, 6.07) is 17.7. The molecule has 2 amide bonds. The highest BCUT2D eigenvalue weighted by Gasteiger charge is 2.21. The molecule has 254 valence electrons. The summed E-state index contributed by atoms with van der Waals surface area (Å²) < 4.78 is 22.5. The van der Waals surface area contributed by atoms with Crippen LogP contribution >= 0.6 is 0 Å². The maximum absolute atomic E-state index is 13.6. The van der Waals surface area contributed by atoms with Crippen molar-refractivity contribution in [2.75, 3.05) is 56.4 Å². The van der Waals surface area contributed by atoms with E-state index in [1.807, 2.05) is 36.7 Å². The smallest absolute Gasteiger partial charge is 0.435 e. The van der Waals surface area contributed by atoms with Gasteiger partial charge in [0, 0.05) is 43.2 Å². The molecule has 0 spiro atoms. The van der Waals surface area contributed by atoms with Crippen LogP contribution in [0.5, 0.6) is 0 Å². The van der Waals surface area contributed by atoms with Crippen LogP contribution in [0.3, 0.4) is 0 Å². The molecule has 0 fully saturated rings. The van der Waals surface area contributed by atoms with Gasteiger partial charge < -0.3 is 34.6 Å². The molecule has 0 aliphatic heterocycles.